The van der Waals surface area contributed by atoms with Gasteiger partial charge < -0.3 is 15.8 Å². The minimum atomic E-state index is -0.579. The van der Waals surface area contributed by atoms with E-state index in [1.54, 1.807) is 63.2 Å². The van der Waals surface area contributed by atoms with E-state index in [9.17, 15) is 9.59 Å². The fourth-order valence-corrected chi connectivity index (χ4v) is 2.20. The van der Waals surface area contributed by atoms with Crippen molar-refractivity contribution in [2.45, 2.75) is 26.4 Å². The van der Waals surface area contributed by atoms with Crippen LogP contribution >= 0.6 is 11.6 Å². The van der Waals surface area contributed by atoms with E-state index in [1.807, 2.05) is 0 Å². The Morgan fingerprint density at radius 3 is 2.35 bits per heavy atom. The molecule has 26 heavy (non-hydrogen) atoms. The number of halogens is 1. The Hall–Kier alpha value is -2.79. The zero-order valence-corrected chi connectivity index (χ0v) is 15.6. The highest BCUT2D eigenvalue weighted by Crippen LogP contribution is 2.19. The molecule has 0 unspecified atom stereocenters. The number of nitrogen functional groups attached to an aromatic ring is 1. The number of carbonyl (C=O) groups is 2. The van der Waals surface area contributed by atoms with Gasteiger partial charge in [0.25, 0.3) is 0 Å². The average molecular weight is 373 g/mol. The Kier molecular flexibility index (Phi) is 6.05. The molecule has 1 amide bonds. The Labute approximate surface area is 157 Å². The second-order valence-corrected chi connectivity index (χ2v) is 7.11. The van der Waals surface area contributed by atoms with Crippen LogP contribution in [0, 0.1) is 0 Å². The first-order chi connectivity index (χ1) is 12.1. The van der Waals surface area contributed by atoms with E-state index in [-0.39, 0.29) is 5.91 Å². The largest absolute Gasteiger partial charge is 0.456 e. The van der Waals surface area contributed by atoms with E-state index in [2.05, 4.69) is 5.32 Å². The molecule has 0 atom stereocenters. The molecule has 0 fully saturated rings. The van der Waals surface area contributed by atoms with E-state index in [0.29, 0.717) is 27.5 Å². The van der Waals surface area contributed by atoms with E-state index in [0.717, 1.165) is 0 Å². The molecule has 0 aliphatic carbocycles. The molecule has 0 spiro atoms. The predicted molar refractivity (Wildman–Crippen MR) is 105 cm³/mol. The molecule has 0 aliphatic heterocycles. The normalized spacial score (nSPS) is 11.4. The van der Waals surface area contributed by atoms with Gasteiger partial charge in [0.15, 0.2) is 0 Å². The number of ether oxygens (including phenoxy) is 1. The summed E-state index contributed by atoms with van der Waals surface area (Å²) in [4.78, 5) is 24.0. The molecule has 6 heteroatoms. The summed E-state index contributed by atoms with van der Waals surface area (Å²) in [6.45, 7) is 5.39. The maximum Gasteiger partial charge on any atom is 0.338 e. The number of amides is 1. The molecular formula is C20H21ClN2O3. The first-order valence-electron chi connectivity index (χ1n) is 8.01. The van der Waals surface area contributed by atoms with Gasteiger partial charge in [0.05, 0.1) is 5.56 Å². The highest BCUT2D eigenvalue weighted by Gasteiger charge is 2.18. The molecule has 136 valence electrons. The van der Waals surface area contributed by atoms with Crippen LogP contribution in [-0.4, -0.2) is 17.5 Å². The summed E-state index contributed by atoms with van der Waals surface area (Å²) in [7, 11) is 0. The van der Waals surface area contributed by atoms with Gasteiger partial charge in [0.2, 0.25) is 5.91 Å². The molecule has 2 aromatic rings. The van der Waals surface area contributed by atoms with Crippen molar-refractivity contribution < 1.29 is 14.3 Å². The lowest BCUT2D eigenvalue weighted by molar-refractivity contribution is -0.111. The molecular weight excluding hydrogens is 352 g/mol. The molecule has 0 saturated heterocycles. The number of esters is 1. The van der Waals surface area contributed by atoms with E-state index < -0.39 is 11.6 Å². The van der Waals surface area contributed by atoms with Gasteiger partial charge in [-0.3, -0.25) is 4.79 Å². The molecule has 0 heterocycles. The molecule has 2 aromatic carbocycles. The highest BCUT2D eigenvalue weighted by atomic mass is 35.5. The van der Waals surface area contributed by atoms with Crippen LogP contribution in [0.15, 0.2) is 48.5 Å². The Bertz CT molecular complexity index is 837. The van der Waals surface area contributed by atoms with Crippen LogP contribution in [0.5, 0.6) is 0 Å². The SMILES string of the molecule is CC(C)(C)OC(=O)c1ccc(/C=C/C(=O)Nc2ccc(Cl)cc2)c(N)c1. The average Bonchev–Trinajstić information content (AvgIpc) is 2.54. The third-order valence-corrected chi connectivity index (χ3v) is 3.50. The van der Waals surface area contributed by atoms with Crippen molar-refractivity contribution in [3.63, 3.8) is 0 Å². The Morgan fingerprint density at radius 1 is 1.12 bits per heavy atom. The topological polar surface area (TPSA) is 81.4 Å². The number of anilines is 2. The van der Waals surface area contributed by atoms with Crippen LogP contribution in [0.2, 0.25) is 5.02 Å². The maximum atomic E-state index is 12.0. The van der Waals surface area contributed by atoms with E-state index in [1.165, 1.54) is 12.1 Å². The van der Waals surface area contributed by atoms with Gasteiger partial charge in [-0.1, -0.05) is 17.7 Å². The predicted octanol–water partition coefficient (Wildman–Crippen LogP) is 4.53. The summed E-state index contributed by atoms with van der Waals surface area (Å²) in [5.41, 5.74) is 7.40. The summed E-state index contributed by atoms with van der Waals surface area (Å²) in [5.74, 6) is -0.747. The lowest BCUT2D eigenvalue weighted by Gasteiger charge is -2.19. The second-order valence-electron chi connectivity index (χ2n) is 6.68. The van der Waals surface area contributed by atoms with Crippen molar-refractivity contribution >= 4 is 40.9 Å². The summed E-state index contributed by atoms with van der Waals surface area (Å²) in [6.07, 6.45) is 2.95. The number of carbonyl (C=O) groups excluding carboxylic acids is 2. The quantitative estimate of drug-likeness (QED) is 0.469. The van der Waals surface area contributed by atoms with E-state index in [4.69, 9.17) is 22.1 Å². The minimum absolute atomic E-state index is 0.303. The van der Waals surface area contributed by atoms with Crippen LogP contribution in [-0.2, 0) is 9.53 Å². The zero-order valence-electron chi connectivity index (χ0n) is 14.9. The van der Waals surface area contributed by atoms with Gasteiger partial charge in [-0.05, 0) is 68.8 Å². The summed E-state index contributed by atoms with van der Waals surface area (Å²) < 4.78 is 5.31. The summed E-state index contributed by atoms with van der Waals surface area (Å²) in [5, 5.41) is 3.31. The van der Waals surface area contributed by atoms with Crippen molar-refractivity contribution in [3.8, 4) is 0 Å². The standard InChI is InChI=1S/C20H21ClN2O3/c1-20(2,3)26-19(25)14-5-4-13(17(22)12-14)6-11-18(24)23-16-9-7-15(21)8-10-16/h4-12H,22H2,1-3H3,(H,23,24)/b11-6+. The molecule has 0 aliphatic rings. The van der Waals surface area contributed by atoms with Gasteiger partial charge >= 0.3 is 5.97 Å². The zero-order chi connectivity index (χ0) is 19.3. The van der Waals surface area contributed by atoms with Crippen molar-refractivity contribution in [2.75, 3.05) is 11.1 Å². The number of hydrogen-bond donors (Lipinski definition) is 2. The molecule has 0 saturated carbocycles. The maximum absolute atomic E-state index is 12.0. The van der Waals surface area contributed by atoms with Crippen LogP contribution in [0.1, 0.15) is 36.7 Å². The monoisotopic (exact) mass is 372 g/mol. The van der Waals surface area contributed by atoms with E-state index >= 15 is 0 Å². The fraction of sp³-hybridized carbons (Fsp3) is 0.200. The van der Waals surface area contributed by atoms with Crippen molar-refractivity contribution in [1.29, 1.82) is 0 Å². The smallest absolute Gasteiger partial charge is 0.338 e. The van der Waals surface area contributed by atoms with Gasteiger partial charge in [-0.15, -0.1) is 0 Å². The first-order valence-corrected chi connectivity index (χ1v) is 8.39. The Morgan fingerprint density at radius 2 is 1.77 bits per heavy atom. The highest BCUT2D eigenvalue weighted by molar-refractivity contribution is 6.30. The number of benzene rings is 2. The molecule has 0 radical (unpaired) electrons. The second kappa shape index (κ2) is 8.06. The molecule has 3 N–H and O–H groups in total. The van der Waals surface area contributed by atoms with Crippen molar-refractivity contribution in [2.24, 2.45) is 0 Å². The lowest BCUT2D eigenvalue weighted by atomic mass is 10.1. The van der Waals surface area contributed by atoms with Crippen LogP contribution in [0.25, 0.3) is 6.08 Å². The number of nitrogens with two attached hydrogens (primary N) is 1. The fourth-order valence-electron chi connectivity index (χ4n) is 2.07. The third-order valence-electron chi connectivity index (χ3n) is 3.25. The lowest BCUT2D eigenvalue weighted by Crippen LogP contribution is -2.23. The van der Waals surface area contributed by atoms with Crippen LogP contribution in [0.3, 0.4) is 0 Å². The van der Waals surface area contributed by atoms with Crippen LogP contribution < -0.4 is 11.1 Å². The summed E-state index contributed by atoms with van der Waals surface area (Å²) >= 11 is 5.80. The first kappa shape index (κ1) is 19.5. The minimum Gasteiger partial charge on any atom is -0.456 e. The number of nitrogens with one attached hydrogen (secondary N) is 1. The molecule has 0 aromatic heterocycles. The van der Waals surface area contributed by atoms with Gasteiger partial charge in [0.1, 0.15) is 5.60 Å². The molecule has 5 nitrogen and oxygen atoms in total. The van der Waals surface area contributed by atoms with Gasteiger partial charge in [-0.2, -0.15) is 0 Å². The van der Waals surface area contributed by atoms with Crippen molar-refractivity contribution in [1.82, 2.24) is 0 Å². The van der Waals surface area contributed by atoms with Gasteiger partial charge in [0, 0.05) is 22.5 Å². The summed E-state index contributed by atoms with van der Waals surface area (Å²) in [6, 6.07) is 11.6. The molecule has 2 rings (SSSR count). The number of hydrogen-bond acceptors (Lipinski definition) is 4. The third kappa shape index (κ3) is 5.93. The Balaban J connectivity index is 2.04. The number of rotatable bonds is 4. The molecule has 0 bridgehead atoms. The van der Waals surface area contributed by atoms with Gasteiger partial charge in [-0.25, -0.2) is 4.79 Å². The van der Waals surface area contributed by atoms with Crippen LogP contribution in [0.4, 0.5) is 11.4 Å². The van der Waals surface area contributed by atoms with Crippen molar-refractivity contribution in [3.05, 3.63) is 64.7 Å².